The zero-order valence-corrected chi connectivity index (χ0v) is 13.4. The molecule has 0 aliphatic heterocycles. The van der Waals surface area contributed by atoms with Crippen molar-refractivity contribution in [1.29, 1.82) is 0 Å². The standard InChI is InChI=1S/C15H19BrClNO/c1-10-8-12(16)4-7-14(10)15(19)18-9-11-2-5-13(17)6-3-11/h4,7-8,11,13H,2-3,5-6,9H2,1H3,(H,18,19). The minimum atomic E-state index is 0.0259. The third-order valence-corrected chi connectivity index (χ3v) is 4.69. The van der Waals surface area contributed by atoms with Crippen LogP contribution >= 0.6 is 27.5 Å². The van der Waals surface area contributed by atoms with E-state index in [2.05, 4.69) is 21.2 Å². The summed E-state index contributed by atoms with van der Waals surface area (Å²) in [7, 11) is 0. The molecular weight excluding hydrogens is 326 g/mol. The summed E-state index contributed by atoms with van der Waals surface area (Å²) in [6, 6.07) is 5.73. The van der Waals surface area contributed by atoms with Gasteiger partial charge in [0.1, 0.15) is 0 Å². The van der Waals surface area contributed by atoms with Crippen LogP contribution in [0.5, 0.6) is 0 Å². The van der Waals surface area contributed by atoms with Crippen molar-refractivity contribution in [2.45, 2.75) is 38.0 Å². The molecule has 1 N–H and O–H groups in total. The second kappa shape index (κ2) is 6.76. The topological polar surface area (TPSA) is 29.1 Å². The molecule has 0 saturated heterocycles. The van der Waals surface area contributed by atoms with Gasteiger partial charge in [-0.2, -0.15) is 0 Å². The Morgan fingerprint density at radius 1 is 1.37 bits per heavy atom. The number of hydrogen-bond donors (Lipinski definition) is 1. The van der Waals surface area contributed by atoms with Crippen molar-refractivity contribution in [1.82, 2.24) is 5.32 Å². The Balaban J connectivity index is 1.87. The Hall–Kier alpha value is -0.540. The van der Waals surface area contributed by atoms with Gasteiger partial charge in [0.05, 0.1) is 0 Å². The summed E-state index contributed by atoms with van der Waals surface area (Å²) >= 11 is 9.49. The van der Waals surface area contributed by atoms with Gasteiger partial charge in [-0.3, -0.25) is 4.79 Å². The van der Waals surface area contributed by atoms with Crippen molar-refractivity contribution in [3.05, 3.63) is 33.8 Å². The predicted octanol–water partition coefficient (Wildman–Crippen LogP) is 4.28. The molecule has 1 aromatic carbocycles. The Bertz CT molecular complexity index is 455. The van der Waals surface area contributed by atoms with Gasteiger partial charge in [-0.1, -0.05) is 15.9 Å². The van der Waals surface area contributed by atoms with Crippen LogP contribution in [0.4, 0.5) is 0 Å². The van der Waals surface area contributed by atoms with E-state index in [0.717, 1.165) is 47.8 Å². The molecule has 0 atom stereocenters. The molecule has 0 heterocycles. The van der Waals surface area contributed by atoms with E-state index in [0.29, 0.717) is 11.3 Å². The van der Waals surface area contributed by atoms with Gasteiger partial charge in [-0.05, 0) is 62.3 Å². The SMILES string of the molecule is Cc1cc(Br)ccc1C(=O)NCC1CCC(Cl)CC1. The lowest BCUT2D eigenvalue weighted by molar-refractivity contribution is 0.0943. The van der Waals surface area contributed by atoms with Crippen molar-refractivity contribution in [3.63, 3.8) is 0 Å². The summed E-state index contributed by atoms with van der Waals surface area (Å²) in [6.45, 7) is 2.72. The molecule has 4 heteroatoms. The quantitative estimate of drug-likeness (QED) is 0.815. The molecule has 0 spiro atoms. The molecule has 1 aromatic rings. The first kappa shape index (κ1) is 14.9. The molecule has 1 saturated carbocycles. The van der Waals surface area contributed by atoms with Gasteiger partial charge >= 0.3 is 0 Å². The van der Waals surface area contributed by atoms with Gasteiger partial charge < -0.3 is 5.32 Å². The van der Waals surface area contributed by atoms with Crippen LogP contribution < -0.4 is 5.32 Å². The average Bonchev–Trinajstić information content (AvgIpc) is 2.37. The third kappa shape index (κ3) is 4.22. The Kier molecular flexibility index (Phi) is 5.28. The lowest BCUT2D eigenvalue weighted by atomic mass is 9.89. The van der Waals surface area contributed by atoms with Crippen LogP contribution in [-0.4, -0.2) is 17.8 Å². The monoisotopic (exact) mass is 343 g/mol. The molecule has 2 nitrogen and oxygen atoms in total. The number of aryl methyl sites for hydroxylation is 1. The van der Waals surface area contributed by atoms with E-state index < -0.39 is 0 Å². The molecular formula is C15H19BrClNO. The van der Waals surface area contributed by atoms with Gasteiger partial charge in [0.15, 0.2) is 0 Å². The highest BCUT2D eigenvalue weighted by molar-refractivity contribution is 9.10. The van der Waals surface area contributed by atoms with Gasteiger partial charge in [-0.25, -0.2) is 0 Å². The van der Waals surface area contributed by atoms with E-state index in [4.69, 9.17) is 11.6 Å². The maximum atomic E-state index is 12.1. The first-order valence-electron chi connectivity index (χ1n) is 6.74. The molecule has 0 unspecified atom stereocenters. The van der Waals surface area contributed by atoms with Gasteiger partial charge in [0.2, 0.25) is 0 Å². The Labute approximate surface area is 128 Å². The zero-order chi connectivity index (χ0) is 13.8. The minimum Gasteiger partial charge on any atom is -0.352 e. The van der Waals surface area contributed by atoms with E-state index in [1.54, 1.807) is 0 Å². The summed E-state index contributed by atoms with van der Waals surface area (Å²) in [5.41, 5.74) is 1.76. The smallest absolute Gasteiger partial charge is 0.251 e. The lowest BCUT2D eigenvalue weighted by Crippen LogP contribution is -2.31. The highest BCUT2D eigenvalue weighted by Gasteiger charge is 2.20. The fraction of sp³-hybridized carbons (Fsp3) is 0.533. The molecule has 1 aliphatic rings. The fourth-order valence-corrected chi connectivity index (χ4v) is 3.27. The van der Waals surface area contributed by atoms with Crippen molar-refractivity contribution < 1.29 is 4.79 Å². The third-order valence-electron chi connectivity index (χ3n) is 3.76. The highest BCUT2D eigenvalue weighted by atomic mass is 79.9. The van der Waals surface area contributed by atoms with E-state index in [1.165, 1.54) is 0 Å². The largest absolute Gasteiger partial charge is 0.352 e. The second-order valence-corrected chi connectivity index (χ2v) is 6.82. The summed E-state index contributed by atoms with van der Waals surface area (Å²) < 4.78 is 1.00. The van der Waals surface area contributed by atoms with Crippen molar-refractivity contribution in [2.24, 2.45) is 5.92 Å². The van der Waals surface area contributed by atoms with Gasteiger partial charge in [0, 0.05) is 22.0 Å². The number of rotatable bonds is 3. The molecule has 1 amide bonds. The Morgan fingerprint density at radius 3 is 2.68 bits per heavy atom. The summed E-state index contributed by atoms with van der Waals surface area (Å²) in [5.74, 6) is 0.604. The second-order valence-electron chi connectivity index (χ2n) is 5.29. The van der Waals surface area contributed by atoms with Crippen molar-refractivity contribution in [2.75, 3.05) is 6.54 Å². The maximum absolute atomic E-state index is 12.1. The number of carbonyl (C=O) groups excluding carboxylic acids is 1. The van der Waals surface area contributed by atoms with Crippen molar-refractivity contribution in [3.8, 4) is 0 Å². The molecule has 1 fully saturated rings. The number of hydrogen-bond acceptors (Lipinski definition) is 1. The van der Waals surface area contributed by atoms with Crippen molar-refractivity contribution >= 4 is 33.4 Å². The van der Waals surface area contributed by atoms with Crippen LogP contribution in [0.1, 0.15) is 41.6 Å². The van der Waals surface area contributed by atoms with E-state index in [9.17, 15) is 4.79 Å². The average molecular weight is 345 g/mol. The number of amides is 1. The molecule has 0 bridgehead atoms. The van der Waals surface area contributed by atoms with Crippen LogP contribution in [0.2, 0.25) is 0 Å². The number of nitrogens with one attached hydrogen (secondary N) is 1. The number of halogens is 2. The summed E-state index contributed by atoms with van der Waals surface area (Å²) in [4.78, 5) is 12.1. The molecule has 104 valence electrons. The number of carbonyl (C=O) groups is 1. The fourth-order valence-electron chi connectivity index (χ4n) is 2.54. The van der Waals surface area contributed by atoms with E-state index >= 15 is 0 Å². The Morgan fingerprint density at radius 2 is 2.05 bits per heavy atom. The molecule has 0 radical (unpaired) electrons. The molecule has 19 heavy (non-hydrogen) atoms. The number of benzene rings is 1. The minimum absolute atomic E-state index is 0.0259. The summed E-state index contributed by atoms with van der Waals surface area (Å²) in [6.07, 6.45) is 4.38. The van der Waals surface area contributed by atoms with E-state index in [1.807, 2.05) is 25.1 Å². The zero-order valence-electron chi connectivity index (χ0n) is 11.1. The van der Waals surface area contributed by atoms with Crippen LogP contribution in [-0.2, 0) is 0 Å². The molecule has 1 aliphatic carbocycles. The van der Waals surface area contributed by atoms with E-state index in [-0.39, 0.29) is 5.91 Å². The maximum Gasteiger partial charge on any atom is 0.251 e. The highest BCUT2D eigenvalue weighted by Crippen LogP contribution is 2.27. The molecule has 2 rings (SSSR count). The first-order valence-corrected chi connectivity index (χ1v) is 7.97. The van der Waals surface area contributed by atoms with Crippen LogP contribution in [0.15, 0.2) is 22.7 Å². The number of alkyl halides is 1. The van der Waals surface area contributed by atoms with Crippen LogP contribution in [0.25, 0.3) is 0 Å². The van der Waals surface area contributed by atoms with Gasteiger partial charge in [0.25, 0.3) is 5.91 Å². The van der Waals surface area contributed by atoms with Crippen LogP contribution in [0.3, 0.4) is 0 Å². The molecule has 0 aromatic heterocycles. The normalized spacial score (nSPS) is 23.1. The van der Waals surface area contributed by atoms with Gasteiger partial charge in [-0.15, -0.1) is 11.6 Å². The predicted molar refractivity (Wildman–Crippen MR) is 82.8 cm³/mol. The first-order chi connectivity index (χ1) is 9.06. The lowest BCUT2D eigenvalue weighted by Gasteiger charge is -2.25. The summed E-state index contributed by atoms with van der Waals surface area (Å²) in [5, 5.41) is 3.38. The van der Waals surface area contributed by atoms with Crippen LogP contribution in [0, 0.1) is 12.8 Å².